The topological polar surface area (TPSA) is 69.9 Å². The summed E-state index contributed by atoms with van der Waals surface area (Å²) in [7, 11) is 0. The van der Waals surface area contributed by atoms with Crippen LogP contribution in [-0.4, -0.2) is 16.3 Å². The molecule has 2 aromatic heterocycles. The van der Waals surface area contributed by atoms with Gasteiger partial charge in [-0.3, -0.25) is 0 Å². The summed E-state index contributed by atoms with van der Waals surface area (Å²) in [6.45, 7) is 0.980. The lowest BCUT2D eigenvalue weighted by molar-refractivity contribution is -0.137. The summed E-state index contributed by atoms with van der Waals surface area (Å²) >= 11 is 14.2. The van der Waals surface area contributed by atoms with Crippen molar-refractivity contribution in [1.29, 1.82) is 0 Å². The Kier molecular flexibility index (Phi) is 9.76. The van der Waals surface area contributed by atoms with E-state index in [0.29, 0.717) is 34.4 Å². The van der Waals surface area contributed by atoms with Gasteiger partial charge in [0.15, 0.2) is 0 Å². The third-order valence-electron chi connectivity index (χ3n) is 6.16. The second kappa shape index (κ2) is 13.0. The Morgan fingerprint density at radius 3 is 2.31 bits per heavy atom. The number of hydrogen-bond acceptors (Lipinski definition) is 4. The SMILES string of the molecule is NCCCCCCc1nn(-c2ccc(Cl)cc2Cl)c(-c2ccc(C#Cc3ccc(C(F)(F)F)cc3)s2)c1CN. The average Bonchev–Trinajstić information content (AvgIpc) is 3.51. The molecule has 4 aromatic rings. The van der Waals surface area contributed by atoms with Gasteiger partial charge in [0.1, 0.15) is 0 Å². The second-order valence-electron chi connectivity index (χ2n) is 8.93. The molecular weight excluding hydrogens is 564 g/mol. The summed E-state index contributed by atoms with van der Waals surface area (Å²) in [5.41, 5.74) is 15.0. The highest BCUT2D eigenvalue weighted by molar-refractivity contribution is 7.16. The highest BCUT2D eigenvalue weighted by Crippen LogP contribution is 2.37. The first kappa shape index (κ1) is 29.2. The van der Waals surface area contributed by atoms with Gasteiger partial charge in [0.05, 0.1) is 37.4 Å². The molecule has 0 saturated heterocycles. The van der Waals surface area contributed by atoms with E-state index in [1.165, 1.54) is 23.5 Å². The summed E-state index contributed by atoms with van der Waals surface area (Å²) in [5, 5.41) is 5.91. The number of alkyl halides is 3. The zero-order chi connectivity index (χ0) is 28.0. The summed E-state index contributed by atoms with van der Waals surface area (Å²) in [4.78, 5) is 1.66. The van der Waals surface area contributed by atoms with E-state index in [1.54, 1.807) is 12.1 Å². The molecule has 10 heteroatoms. The summed E-state index contributed by atoms with van der Waals surface area (Å²) in [6, 6.07) is 13.9. The molecule has 0 unspecified atom stereocenters. The van der Waals surface area contributed by atoms with Crippen LogP contribution < -0.4 is 11.5 Å². The lowest BCUT2D eigenvalue weighted by atomic mass is 10.1. The third kappa shape index (κ3) is 7.24. The van der Waals surface area contributed by atoms with Crippen LogP contribution in [0.5, 0.6) is 0 Å². The van der Waals surface area contributed by atoms with Gasteiger partial charge in [0, 0.05) is 22.7 Å². The number of rotatable bonds is 9. The van der Waals surface area contributed by atoms with Crippen LogP contribution in [-0.2, 0) is 19.1 Å². The Bertz CT molecular complexity index is 1480. The standard InChI is InChI=1S/C29H27Cl2F3N4S/c30-21-11-14-26(24(31)17-21)38-28(23(18-36)25(37-38)5-3-1-2-4-16-35)27-15-13-22(39-27)12-8-19-6-9-20(10-7-19)29(32,33)34/h6-7,9-11,13-15,17H,1-5,16,18,35-36H2. The minimum absolute atomic E-state index is 0.295. The lowest BCUT2D eigenvalue weighted by Crippen LogP contribution is -2.04. The number of nitrogens with zero attached hydrogens (tertiary/aromatic N) is 2. The van der Waals surface area contributed by atoms with E-state index in [9.17, 15) is 13.2 Å². The minimum atomic E-state index is -4.38. The molecule has 204 valence electrons. The smallest absolute Gasteiger partial charge is 0.330 e. The molecule has 4 nitrogen and oxygen atoms in total. The van der Waals surface area contributed by atoms with E-state index in [-0.39, 0.29) is 0 Å². The molecule has 0 aliphatic carbocycles. The van der Waals surface area contributed by atoms with Gasteiger partial charge in [-0.05, 0) is 80.4 Å². The fourth-order valence-electron chi connectivity index (χ4n) is 4.19. The highest BCUT2D eigenvalue weighted by Gasteiger charge is 2.29. The van der Waals surface area contributed by atoms with Gasteiger partial charge < -0.3 is 11.5 Å². The lowest BCUT2D eigenvalue weighted by Gasteiger charge is -2.10. The monoisotopic (exact) mass is 590 g/mol. The number of benzene rings is 2. The minimum Gasteiger partial charge on any atom is -0.330 e. The quantitative estimate of drug-likeness (QED) is 0.154. The number of aryl methyl sites for hydroxylation is 1. The van der Waals surface area contributed by atoms with Crippen molar-refractivity contribution in [1.82, 2.24) is 9.78 Å². The fraction of sp³-hybridized carbons (Fsp3) is 0.276. The summed E-state index contributed by atoms with van der Waals surface area (Å²) < 4.78 is 40.4. The van der Waals surface area contributed by atoms with Gasteiger partial charge in [0.2, 0.25) is 0 Å². The van der Waals surface area contributed by atoms with E-state index < -0.39 is 11.7 Å². The third-order valence-corrected chi connectivity index (χ3v) is 7.70. The zero-order valence-electron chi connectivity index (χ0n) is 21.0. The number of halogens is 5. The van der Waals surface area contributed by atoms with Crippen LogP contribution in [0.1, 0.15) is 52.9 Å². The predicted molar refractivity (Wildman–Crippen MR) is 153 cm³/mol. The number of unbranched alkanes of at least 4 members (excludes halogenated alkanes) is 3. The zero-order valence-corrected chi connectivity index (χ0v) is 23.3. The summed E-state index contributed by atoms with van der Waals surface area (Å²) in [6.07, 6.45) is 0.467. The van der Waals surface area contributed by atoms with Gasteiger partial charge in [-0.1, -0.05) is 47.9 Å². The Balaban J connectivity index is 1.69. The Labute approximate surface area is 239 Å². The molecule has 0 aliphatic heterocycles. The van der Waals surface area contributed by atoms with Crippen LogP contribution in [0.3, 0.4) is 0 Å². The molecule has 0 aliphatic rings. The molecule has 0 saturated carbocycles. The molecule has 39 heavy (non-hydrogen) atoms. The van der Waals surface area contributed by atoms with Gasteiger partial charge in [-0.2, -0.15) is 18.3 Å². The van der Waals surface area contributed by atoms with Gasteiger partial charge >= 0.3 is 6.18 Å². The molecule has 2 aromatic carbocycles. The molecule has 4 N–H and O–H groups in total. The summed E-state index contributed by atoms with van der Waals surface area (Å²) in [5.74, 6) is 6.00. The van der Waals surface area contributed by atoms with E-state index in [0.717, 1.165) is 70.9 Å². The van der Waals surface area contributed by atoms with Crippen molar-refractivity contribution < 1.29 is 13.2 Å². The van der Waals surface area contributed by atoms with Crippen LogP contribution in [0, 0.1) is 11.8 Å². The van der Waals surface area contributed by atoms with Crippen LogP contribution in [0.2, 0.25) is 10.0 Å². The van der Waals surface area contributed by atoms with Crippen molar-refractivity contribution in [2.24, 2.45) is 11.5 Å². The first-order valence-electron chi connectivity index (χ1n) is 12.5. The maximum absolute atomic E-state index is 12.8. The van der Waals surface area contributed by atoms with Crippen molar-refractivity contribution in [3.63, 3.8) is 0 Å². The molecule has 2 heterocycles. The van der Waals surface area contributed by atoms with Crippen molar-refractivity contribution in [2.45, 2.75) is 44.8 Å². The maximum Gasteiger partial charge on any atom is 0.416 e. The first-order valence-corrected chi connectivity index (χ1v) is 14.0. The molecule has 0 radical (unpaired) electrons. The molecular formula is C29H27Cl2F3N4S. The van der Waals surface area contributed by atoms with Crippen LogP contribution in [0.15, 0.2) is 54.6 Å². The van der Waals surface area contributed by atoms with Crippen molar-refractivity contribution in [3.8, 4) is 28.1 Å². The average molecular weight is 592 g/mol. The van der Waals surface area contributed by atoms with E-state index >= 15 is 0 Å². The number of aromatic nitrogens is 2. The first-order chi connectivity index (χ1) is 18.7. The van der Waals surface area contributed by atoms with Crippen LogP contribution in [0.4, 0.5) is 13.2 Å². The van der Waals surface area contributed by atoms with Crippen LogP contribution in [0.25, 0.3) is 16.3 Å². The van der Waals surface area contributed by atoms with E-state index in [1.807, 2.05) is 22.9 Å². The molecule has 0 spiro atoms. The largest absolute Gasteiger partial charge is 0.416 e. The molecule has 0 bridgehead atoms. The van der Waals surface area contributed by atoms with Crippen LogP contribution >= 0.6 is 34.5 Å². The van der Waals surface area contributed by atoms with Gasteiger partial charge in [-0.25, -0.2) is 4.68 Å². The van der Waals surface area contributed by atoms with E-state index in [2.05, 4.69) is 11.8 Å². The van der Waals surface area contributed by atoms with Crippen molar-refractivity contribution >= 4 is 34.5 Å². The van der Waals surface area contributed by atoms with Gasteiger partial charge in [0.25, 0.3) is 0 Å². The second-order valence-corrected chi connectivity index (χ2v) is 10.9. The van der Waals surface area contributed by atoms with Crippen molar-refractivity contribution in [2.75, 3.05) is 6.54 Å². The predicted octanol–water partition coefficient (Wildman–Crippen LogP) is 7.85. The Morgan fingerprint density at radius 2 is 1.64 bits per heavy atom. The number of nitrogens with two attached hydrogens (primary N) is 2. The molecule has 0 atom stereocenters. The molecule has 0 fully saturated rings. The Hall–Kier alpha value is -2.80. The molecule has 0 amide bonds. The fourth-order valence-corrected chi connectivity index (χ4v) is 5.60. The maximum atomic E-state index is 12.8. The Morgan fingerprint density at radius 1 is 0.897 bits per heavy atom. The van der Waals surface area contributed by atoms with E-state index in [4.69, 9.17) is 39.8 Å². The number of hydrogen-bond donors (Lipinski definition) is 2. The van der Waals surface area contributed by atoms with Crippen molar-refractivity contribution in [3.05, 3.63) is 91.9 Å². The molecule has 4 rings (SSSR count). The normalized spacial score (nSPS) is 11.5. The number of thiophene rings is 1. The highest BCUT2D eigenvalue weighted by atomic mass is 35.5. The van der Waals surface area contributed by atoms with Gasteiger partial charge in [-0.15, -0.1) is 11.3 Å².